The minimum Gasteiger partial charge on any atom is -0.251 e. The minimum atomic E-state index is -0.201. The molecule has 0 aliphatic heterocycles. The molecule has 2 rings (SSSR count). The zero-order chi connectivity index (χ0) is 14.9. The lowest BCUT2D eigenvalue weighted by atomic mass is 9.68. The summed E-state index contributed by atoms with van der Waals surface area (Å²) in [4.78, 5) is 0. The third-order valence-corrected chi connectivity index (χ3v) is 6.02. The van der Waals surface area contributed by atoms with E-state index >= 15 is 0 Å². The Morgan fingerprint density at radius 1 is 0.905 bits per heavy atom. The normalized spacial score (nSPS) is 34.4. The summed E-state index contributed by atoms with van der Waals surface area (Å²) >= 11 is 0. The quantitative estimate of drug-likeness (QED) is 0.458. The molecule has 0 aromatic carbocycles. The van der Waals surface area contributed by atoms with Crippen molar-refractivity contribution in [2.45, 2.75) is 84.0 Å². The van der Waals surface area contributed by atoms with Crippen molar-refractivity contribution in [3.8, 4) is 0 Å². The van der Waals surface area contributed by atoms with Crippen LogP contribution in [0, 0.1) is 23.7 Å². The average Bonchev–Trinajstić information content (AvgIpc) is 2.54. The van der Waals surface area contributed by atoms with Gasteiger partial charge in [-0.15, -0.1) is 0 Å². The van der Waals surface area contributed by atoms with Crippen LogP contribution in [-0.2, 0) is 0 Å². The van der Waals surface area contributed by atoms with Crippen LogP contribution in [0.25, 0.3) is 0 Å². The van der Waals surface area contributed by atoms with Gasteiger partial charge in [0.1, 0.15) is 0 Å². The molecular formula is C20H35F. The van der Waals surface area contributed by atoms with Crippen LogP contribution in [-0.4, -0.2) is 6.67 Å². The molecule has 0 saturated heterocycles. The summed E-state index contributed by atoms with van der Waals surface area (Å²) in [5.74, 6) is 3.82. The van der Waals surface area contributed by atoms with Crippen molar-refractivity contribution in [3.05, 3.63) is 12.2 Å². The highest BCUT2D eigenvalue weighted by Crippen LogP contribution is 2.42. The largest absolute Gasteiger partial charge is 0.251 e. The second-order valence-electron chi connectivity index (χ2n) is 7.50. The fraction of sp³-hybridized carbons (Fsp3) is 0.900. The van der Waals surface area contributed by atoms with Crippen LogP contribution in [0.3, 0.4) is 0 Å². The first kappa shape index (κ1) is 17.0. The maximum Gasteiger partial charge on any atom is 0.0928 e. The van der Waals surface area contributed by atoms with Crippen molar-refractivity contribution in [1.29, 1.82) is 0 Å². The Morgan fingerprint density at radius 2 is 1.52 bits per heavy atom. The van der Waals surface area contributed by atoms with E-state index in [0.29, 0.717) is 6.42 Å². The van der Waals surface area contributed by atoms with Crippen LogP contribution in [0.4, 0.5) is 4.39 Å². The summed E-state index contributed by atoms with van der Waals surface area (Å²) in [6.07, 6.45) is 20.8. The summed E-state index contributed by atoms with van der Waals surface area (Å²) in [7, 11) is 0. The Morgan fingerprint density at radius 3 is 2.10 bits per heavy atom. The van der Waals surface area contributed by atoms with Crippen LogP contribution >= 0.6 is 0 Å². The Kier molecular flexibility index (Phi) is 7.82. The Bertz CT molecular complexity index is 280. The maximum absolute atomic E-state index is 12.1. The molecule has 2 fully saturated rings. The van der Waals surface area contributed by atoms with Crippen molar-refractivity contribution >= 4 is 0 Å². The van der Waals surface area contributed by atoms with Gasteiger partial charge >= 0.3 is 0 Å². The third kappa shape index (κ3) is 5.75. The topological polar surface area (TPSA) is 0 Å². The predicted octanol–water partition coefficient (Wildman–Crippen LogP) is 6.71. The van der Waals surface area contributed by atoms with Crippen molar-refractivity contribution < 1.29 is 4.39 Å². The number of allylic oxidation sites excluding steroid dienone is 2. The average molecular weight is 294 g/mol. The number of halogens is 1. The lowest BCUT2D eigenvalue weighted by molar-refractivity contribution is 0.151. The van der Waals surface area contributed by atoms with Gasteiger partial charge in [-0.1, -0.05) is 51.2 Å². The highest BCUT2D eigenvalue weighted by molar-refractivity contribution is 4.92. The smallest absolute Gasteiger partial charge is 0.0928 e. The van der Waals surface area contributed by atoms with Gasteiger partial charge in [-0.25, -0.2) is 0 Å². The maximum atomic E-state index is 12.1. The van der Waals surface area contributed by atoms with E-state index < -0.39 is 0 Å². The van der Waals surface area contributed by atoms with Crippen molar-refractivity contribution in [2.75, 3.05) is 6.67 Å². The molecule has 0 radical (unpaired) electrons. The molecule has 21 heavy (non-hydrogen) atoms. The van der Waals surface area contributed by atoms with Crippen LogP contribution in [0.1, 0.15) is 84.0 Å². The molecule has 1 heteroatoms. The molecule has 2 aliphatic rings. The van der Waals surface area contributed by atoms with E-state index in [1.165, 1.54) is 70.6 Å². The van der Waals surface area contributed by atoms with Crippen LogP contribution in [0.15, 0.2) is 12.2 Å². The number of hydrogen-bond acceptors (Lipinski definition) is 0. The molecule has 0 atom stereocenters. The molecule has 0 aromatic heterocycles. The molecule has 0 amide bonds. The summed E-state index contributed by atoms with van der Waals surface area (Å²) in [6.45, 7) is 2.11. The second kappa shape index (κ2) is 9.64. The molecule has 2 saturated carbocycles. The fourth-order valence-electron chi connectivity index (χ4n) is 4.60. The summed E-state index contributed by atoms with van der Waals surface area (Å²) in [6, 6.07) is 0. The van der Waals surface area contributed by atoms with E-state index in [1.807, 2.05) is 0 Å². The first-order chi connectivity index (χ1) is 10.3. The van der Waals surface area contributed by atoms with E-state index in [2.05, 4.69) is 19.1 Å². The van der Waals surface area contributed by atoms with Crippen molar-refractivity contribution in [3.63, 3.8) is 0 Å². The Balaban J connectivity index is 1.64. The van der Waals surface area contributed by atoms with E-state index in [9.17, 15) is 4.39 Å². The van der Waals surface area contributed by atoms with Crippen LogP contribution in [0.2, 0.25) is 0 Å². The van der Waals surface area contributed by atoms with Gasteiger partial charge in [0.15, 0.2) is 0 Å². The molecule has 0 bridgehead atoms. The zero-order valence-electron chi connectivity index (χ0n) is 14.0. The number of unbranched alkanes of at least 4 members (excludes halogenated alkanes) is 1. The van der Waals surface area contributed by atoms with Crippen LogP contribution in [0.5, 0.6) is 0 Å². The van der Waals surface area contributed by atoms with Gasteiger partial charge < -0.3 is 0 Å². The van der Waals surface area contributed by atoms with Crippen LogP contribution < -0.4 is 0 Å². The second-order valence-corrected chi connectivity index (χ2v) is 7.50. The third-order valence-electron chi connectivity index (χ3n) is 6.02. The standard InChI is InChI=1S/C20H35F/c1-2-3-6-17-8-12-19(13-9-17)20-14-10-18(11-15-20)7-4-5-16-21/h4,7,17-20H,2-3,5-6,8-16H2,1H3/b7-4+. The van der Waals surface area contributed by atoms with Crippen molar-refractivity contribution in [2.24, 2.45) is 23.7 Å². The van der Waals surface area contributed by atoms with E-state index in [-0.39, 0.29) is 6.67 Å². The zero-order valence-corrected chi connectivity index (χ0v) is 14.0. The van der Waals surface area contributed by atoms with Gasteiger partial charge in [-0.3, -0.25) is 4.39 Å². The van der Waals surface area contributed by atoms with Gasteiger partial charge in [0, 0.05) is 0 Å². The summed E-state index contributed by atoms with van der Waals surface area (Å²) in [5.41, 5.74) is 0. The first-order valence-corrected chi connectivity index (χ1v) is 9.56. The van der Waals surface area contributed by atoms with Gasteiger partial charge in [0.05, 0.1) is 6.67 Å². The molecule has 0 nitrogen and oxygen atoms in total. The van der Waals surface area contributed by atoms with Gasteiger partial charge in [0.2, 0.25) is 0 Å². The summed E-state index contributed by atoms with van der Waals surface area (Å²) in [5, 5.41) is 0. The van der Waals surface area contributed by atoms with E-state index in [1.54, 1.807) is 0 Å². The molecule has 0 unspecified atom stereocenters. The van der Waals surface area contributed by atoms with Gasteiger partial charge in [-0.05, 0) is 68.6 Å². The van der Waals surface area contributed by atoms with E-state index in [0.717, 1.165) is 23.7 Å². The monoisotopic (exact) mass is 294 g/mol. The molecule has 0 spiro atoms. The van der Waals surface area contributed by atoms with Gasteiger partial charge in [-0.2, -0.15) is 0 Å². The molecule has 0 heterocycles. The number of alkyl halides is 1. The molecular weight excluding hydrogens is 259 g/mol. The molecule has 122 valence electrons. The number of hydrogen-bond donors (Lipinski definition) is 0. The highest BCUT2D eigenvalue weighted by Gasteiger charge is 2.29. The fourth-order valence-corrected chi connectivity index (χ4v) is 4.60. The van der Waals surface area contributed by atoms with Gasteiger partial charge in [0.25, 0.3) is 0 Å². The van der Waals surface area contributed by atoms with Crippen molar-refractivity contribution in [1.82, 2.24) is 0 Å². The molecule has 0 aromatic rings. The van der Waals surface area contributed by atoms with E-state index in [4.69, 9.17) is 0 Å². The number of rotatable bonds is 7. The summed E-state index contributed by atoms with van der Waals surface area (Å²) < 4.78 is 12.1. The Hall–Kier alpha value is -0.330. The molecule has 0 N–H and O–H groups in total. The highest BCUT2D eigenvalue weighted by atomic mass is 19.1. The lowest BCUT2D eigenvalue weighted by Crippen LogP contribution is -2.25. The Labute approximate surface area is 131 Å². The predicted molar refractivity (Wildman–Crippen MR) is 90.2 cm³/mol. The lowest BCUT2D eigenvalue weighted by Gasteiger charge is -2.37. The first-order valence-electron chi connectivity index (χ1n) is 9.56. The SMILES string of the molecule is CCCCC1CCC(C2CCC(/C=C/CCF)CC2)CC1. The minimum absolute atomic E-state index is 0.201. The molecule has 2 aliphatic carbocycles.